The Morgan fingerprint density at radius 1 is 0.543 bits per heavy atom. The molecule has 0 saturated heterocycles. The largest absolute Gasteiger partial charge is 0.490 e. The van der Waals surface area contributed by atoms with Gasteiger partial charge < -0.3 is 14.2 Å². The highest BCUT2D eigenvalue weighted by atomic mass is 19.2. The molecule has 3 saturated carbocycles. The average molecular weight is 647 g/mol. The topological polar surface area (TPSA) is 27.7 Å². The first-order valence-corrected chi connectivity index (χ1v) is 18.2. The van der Waals surface area contributed by atoms with Gasteiger partial charge in [-0.15, -0.1) is 0 Å². The lowest BCUT2D eigenvalue weighted by Gasteiger charge is -2.38. The van der Waals surface area contributed by atoms with Crippen LogP contribution in [0.2, 0.25) is 0 Å². The van der Waals surface area contributed by atoms with Crippen LogP contribution in [0.5, 0.6) is 11.5 Å². The normalized spacial score (nSPS) is 27.0. The maximum Gasteiger partial charge on any atom is 0.200 e. The van der Waals surface area contributed by atoms with Crippen molar-refractivity contribution < 1.29 is 31.8 Å². The molecule has 256 valence electrons. The third-order valence-corrected chi connectivity index (χ3v) is 11.1. The van der Waals surface area contributed by atoms with Gasteiger partial charge in [0.25, 0.3) is 0 Å². The predicted molar refractivity (Wildman–Crippen MR) is 175 cm³/mol. The number of hydrogen-bond donors (Lipinski definition) is 0. The zero-order chi connectivity index (χ0) is 32.5. The van der Waals surface area contributed by atoms with E-state index in [-0.39, 0.29) is 23.3 Å². The van der Waals surface area contributed by atoms with Crippen LogP contribution in [0.4, 0.5) is 17.6 Å². The van der Waals surface area contributed by atoms with Gasteiger partial charge in [-0.2, -0.15) is 8.78 Å². The fraction of sp³-hybridized carbons (Fsp3) is 0.692. The average Bonchev–Trinajstić information content (AvgIpc) is 3.09. The van der Waals surface area contributed by atoms with E-state index in [0.717, 1.165) is 96.5 Å². The van der Waals surface area contributed by atoms with E-state index in [0.29, 0.717) is 48.2 Å². The van der Waals surface area contributed by atoms with Crippen molar-refractivity contribution in [2.24, 2.45) is 17.8 Å². The van der Waals surface area contributed by atoms with Crippen LogP contribution in [0.15, 0.2) is 24.3 Å². The summed E-state index contributed by atoms with van der Waals surface area (Å²) in [6, 6.07) is 6.64. The van der Waals surface area contributed by atoms with Crippen molar-refractivity contribution in [2.75, 3.05) is 19.8 Å². The Bertz CT molecular complexity index is 1230. The van der Waals surface area contributed by atoms with Gasteiger partial charge in [0.15, 0.2) is 23.1 Å². The third kappa shape index (κ3) is 8.79. The smallest absolute Gasteiger partial charge is 0.200 e. The molecule has 0 amide bonds. The van der Waals surface area contributed by atoms with Gasteiger partial charge in [-0.3, -0.25) is 0 Å². The molecule has 3 fully saturated rings. The lowest BCUT2D eigenvalue weighted by Crippen LogP contribution is -2.30. The van der Waals surface area contributed by atoms with E-state index in [9.17, 15) is 17.6 Å². The summed E-state index contributed by atoms with van der Waals surface area (Å²) in [5, 5.41) is 0. The van der Waals surface area contributed by atoms with E-state index in [2.05, 4.69) is 0 Å². The number of unbranched alkanes of at least 4 members (excludes halogenated alkanes) is 2. The van der Waals surface area contributed by atoms with Crippen molar-refractivity contribution in [3.63, 3.8) is 0 Å². The number of hydrogen-bond acceptors (Lipinski definition) is 3. The van der Waals surface area contributed by atoms with Gasteiger partial charge >= 0.3 is 0 Å². The van der Waals surface area contributed by atoms with Gasteiger partial charge in [-0.1, -0.05) is 38.8 Å². The monoisotopic (exact) mass is 646 g/mol. The second-order valence-corrected chi connectivity index (χ2v) is 14.2. The predicted octanol–water partition coefficient (Wildman–Crippen LogP) is 11.4. The van der Waals surface area contributed by atoms with Crippen LogP contribution < -0.4 is 9.47 Å². The van der Waals surface area contributed by atoms with Gasteiger partial charge in [0, 0.05) is 6.61 Å². The maximum absolute atomic E-state index is 14.9. The quantitative estimate of drug-likeness (QED) is 0.151. The first kappa shape index (κ1) is 35.0. The maximum atomic E-state index is 14.9. The van der Waals surface area contributed by atoms with E-state index >= 15 is 0 Å². The molecule has 2 aromatic carbocycles. The van der Waals surface area contributed by atoms with Crippen LogP contribution in [-0.4, -0.2) is 25.9 Å². The number of benzene rings is 2. The molecule has 0 aliphatic heterocycles. The Labute approximate surface area is 273 Å². The molecule has 3 aliphatic carbocycles. The van der Waals surface area contributed by atoms with Gasteiger partial charge in [0.1, 0.15) is 0 Å². The SMILES string of the molecule is CCCCOc1ccc(C2CCC(COC3CCC(C4CCC(c5ccc(OCCCC)c(F)c5F)CC4)CC3)CC2)c(F)c1F. The molecular weight excluding hydrogens is 592 g/mol. The molecule has 7 heteroatoms. The molecule has 46 heavy (non-hydrogen) atoms. The first-order valence-electron chi connectivity index (χ1n) is 18.2. The van der Waals surface area contributed by atoms with Crippen molar-refractivity contribution in [3.8, 4) is 11.5 Å². The summed E-state index contributed by atoms with van der Waals surface area (Å²) in [6.45, 7) is 5.63. The Hall–Kier alpha value is -2.28. The van der Waals surface area contributed by atoms with Gasteiger partial charge in [-0.25, -0.2) is 8.78 Å². The Kier molecular flexibility index (Phi) is 13.1. The minimum absolute atomic E-state index is 0.0146. The number of halogens is 4. The van der Waals surface area contributed by atoms with Crippen molar-refractivity contribution >= 4 is 0 Å². The second kappa shape index (κ2) is 17.2. The van der Waals surface area contributed by atoms with Gasteiger partial charge in [-0.05, 0) is 143 Å². The molecule has 3 aliphatic rings. The molecule has 0 unspecified atom stereocenters. The van der Waals surface area contributed by atoms with E-state index in [4.69, 9.17) is 14.2 Å². The minimum atomic E-state index is -0.856. The van der Waals surface area contributed by atoms with Crippen molar-refractivity contribution in [1.82, 2.24) is 0 Å². The first-order chi connectivity index (χ1) is 22.4. The number of rotatable bonds is 14. The Balaban J connectivity index is 0.999. The van der Waals surface area contributed by atoms with Crippen LogP contribution in [0.3, 0.4) is 0 Å². The van der Waals surface area contributed by atoms with E-state index in [1.54, 1.807) is 24.3 Å². The summed E-state index contributed by atoms with van der Waals surface area (Å²) in [4.78, 5) is 0. The zero-order valence-corrected chi connectivity index (χ0v) is 27.9. The molecule has 0 spiro atoms. The van der Waals surface area contributed by atoms with Gasteiger partial charge in [0.2, 0.25) is 11.6 Å². The highest BCUT2D eigenvalue weighted by Crippen LogP contribution is 2.45. The highest BCUT2D eigenvalue weighted by molar-refractivity contribution is 5.34. The van der Waals surface area contributed by atoms with E-state index < -0.39 is 23.3 Å². The zero-order valence-electron chi connectivity index (χ0n) is 27.9. The summed E-state index contributed by atoms with van der Waals surface area (Å²) in [5.74, 6) is -1.22. The van der Waals surface area contributed by atoms with Crippen LogP contribution >= 0.6 is 0 Å². The third-order valence-electron chi connectivity index (χ3n) is 11.1. The van der Waals surface area contributed by atoms with Crippen LogP contribution in [-0.2, 0) is 4.74 Å². The van der Waals surface area contributed by atoms with Gasteiger partial charge in [0.05, 0.1) is 19.3 Å². The molecule has 0 aromatic heterocycles. The molecule has 2 aromatic rings. The Morgan fingerprint density at radius 3 is 1.43 bits per heavy atom. The molecular formula is C39H54F4O3. The minimum Gasteiger partial charge on any atom is -0.490 e. The highest BCUT2D eigenvalue weighted by Gasteiger charge is 2.34. The molecule has 0 radical (unpaired) electrons. The second-order valence-electron chi connectivity index (χ2n) is 14.2. The standard InChI is InChI=1S/C39H54F4O3/c1-3-5-23-44-34-21-19-32(36(40)38(34)42)29-9-7-26(8-10-29)25-46-31-17-15-28(16-18-31)27-11-13-30(14-12-27)33-20-22-35(39(43)37(33)41)45-24-6-4-2/h19-22,26-31H,3-18,23-25H2,1-2H3. The van der Waals surface area contributed by atoms with Crippen LogP contribution in [0.1, 0.15) is 140 Å². The van der Waals surface area contributed by atoms with E-state index in [1.165, 1.54) is 12.8 Å². The fourth-order valence-electron chi connectivity index (χ4n) is 8.14. The summed E-state index contributed by atoms with van der Waals surface area (Å²) in [6.07, 6.45) is 15.9. The molecule has 3 nitrogen and oxygen atoms in total. The van der Waals surface area contributed by atoms with Crippen LogP contribution in [0.25, 0.3) is 0 Å². The molecule has 5 rings (SSSR count). The van der Waals surface area contributed by atoms with Crippen molar-refractivity contribution in [2.45, 2.75) is 135 Å². The molecule has 0 atom stereocenters. The van der Waals surface area contributed by atoms with E-state index in [1.807, 2.05) is 13.8 Å². The lowest BCUT2D eigenvalue weighted by molar-refractivity contribution is -0.0149. The Morgan fingerprint density at radius 2 is 0.978 bits per heavy atom. The van der Waals surface area contributed by atoms with Crippen molar-refractivity contribution in [3.05, 3.63) is 58.7 Å². The molecule has 0 bridgehead atoms. The molecule has 0 heterocycles. The van der Waals surface area contributed by atoms with Crippen LogP contribution in [0, 0.1) is 41.0 Å². The summed E-state index contributed by atoms with van der Waals surface area (Å²) >= 11 is 0. The summed E-state index contributed by atoms with van der Waals surface area (Å²) < 4.78 is 76.4. The fourth-order valence-corrected chi connectivity index (χ4v) is 8.14. The van der Waals surface area contributed by atoms with Crippen molar-refractivity contribution in [1.29, 1.82) is 0 Å². The lowest BCUT2D eigenvalue weighted by atomic mass is 9.69. The summed E-state index contributed by atoms with van der Waals surface area (Å²) in [7, 11) is 0. The summed E-state index contributed by atoms with van der Waals surface area (Å²) in [5.41, 5.74) is 0.988. The number of ether oxygens (including phenoxy) is 3. The molecule has 0 N–H and O–H groups in total.